The number of amides is 1. The lowest BCUT2D eigenvalue weighted by atomic mass is 9.87. The van der Waals surface area contributed by atoms with Gasteiger partial charge in [0.25, 0.3) is 5.91 Å². The Hall–Kier alpha value is -3.65. The van der Waals surface area contributed by atoms with Gasteiger partial charge in [0.2, 0.25) is 9.84 Å². The van der Waals surface area contributed by atoms with Crippen molar-refractivity contribution in [2.75, 3.05) is 7.11 Å². The van der Waals surface area contributed by atoms with Crippen LogP contribution in [0.1, 0.15) is 42.3 Å². The summed E-state index contributed by atoms with van der Waals surface area (Å²) in [4.78, 5) is 17.0. The molecule has 2 aromatic carbocycles. The molecular formula is C26H27N3O4S. The van der Waals surface area contributed by atoms with Crippen LogP contribution in [-0.4, -0.2) is 30.8 Å². The second-order valence-electron chi connectivity index (χ2n) is 9.06. The van der Waals surface area contributed by atoms with Gasteiger partial charge in [-0.1, -0.05) is 39.0 Å². The number of imidazole rings is 1. The Morgan fingerprint density at radius 1 is 1.06 bits per heavy atom. The average molecular weight is 478 g/mol. The van der Waals surface area contributed by atoms with E-state index in [-0.39, 0.29) is 27.7 Å². The molecule has 1 amide bonds. The molecule has 0 saturated heterocycles. The third-order valence-corrected chi connectivity index (χ3v) is 7.45. The fraction of sp³-hybridized carbons (Fsp3) is 0.231. The van der Waals surface area contributed by atoms with E-state index >= 15 is 0 Å². The Balaban J connectivity index is 1.52. The number of nitrogens with one attached hydrogen (secondary N) is 1. The maximum absolute atomic E-state index is 13.4. The molecule has 0 spiro atoms. The van der Waals surface area contributed by atoms with Crippen molar-refractivity contribution in [2.24, 2.45) is 0 Å². The van der Waals surface area contributed by atoms with Crippen molar-refractivity contribution in [3.63, 3.8) is 0 Å². The normalized spacial score (nSPS) is 12.0. The molecule has 0 unspecified atom stereocenters. The van der Waals surface area contributed by atoms with E-state index in [0.717, 1.165) is 16.8 Å². The van der Waals surface area contributed by atoms with Crippen LogP contribution in [0.25, 0.3) is 5.65 Å². The minimum absolute atomic E-state index is 0.137. The Morgan fingerprint density at radius 3 is 2.47 bits per heavy atom. The molecule has 176 valence electrons. The number of hydrogen-bond donors (Lipinski definition) is 1. The lowest BCUT2D eigenvalue weighted by Gasteiger charge is -2.21. The maximum atomic E-state index is 13.4. The van der Waals surface area contributed by atoms with E-state index in [1.165, 1.54) is 7.11 Å². The van der Waals surface area contributed by atoms with Gasteiger partial charge in [-0.3, -0.25) is 4.79 Å². The van der Waals surface area contributed by atoms with Crippen LogP contribution in [0.3, 0.4) is 0 Å². The van der Waals surface area contributed by atoms with Crippen LogP contribution in [0.4, 0.5) is 0 Å². The molecule has 0 radical (unpaired) electrons. The van der Waals surface area contributed by atoms with Crippen molar-refractivity contribution in [2.45, 2.75) is 42.5 Å². The number of rotatable bonds is 6. The standard InChI is InChI=1S/C26H27N3O4S/c1-26(2,3)20-8-11-22(33-4)23(15-20)34(31,32)21-9-5-18(6-10-21)16-28-25(30)19-7-12-24-27-13-14-29(24)17-19/h5-15,17H,16H2,1-4H3,(H,28,30). The van der Waals surface area contributed by atoms with Gasteiger partial charge in [-0.15, -0.1) is 0 Å². The summed E-state index contributed by atoms with van der Waals surface area (Å²) >= 11 is 0. The number of sulfone groups is 1. The van der Waals surface area contributed by atoms with Gasteiger partial charge in [-0.25, -0.2) is 13.4 Å². The first-order valence-electron chi connectivity index (χ1n) is 10.8. The van der Waals surface area contributed by atoms with E-state index in [0.29, 0.717) is 11.3 Å². The molecule has 4 aromatic rings. The van der Waals surface area contributed by atoms with Crippen LogP contribution in [0.5, 0.6) is 5.75 Å². The fourth-order valence-electron chi connectivity index (χ4n) is 3.61. The summed E-state index contributed by atoms with van der Waals surface area (Å²) in [6.45, 7) is 6.36. The number of carbonyl (C=O) groups excluding carboxylic acids is 1. The highest BCUT2D eigenvalue weighted by molar-refractivity contribution is 7.91. The summed E-state index contributed by atoms with van der Waals surface area (Å²) in [6, 6.07) is 15.3. The van der Waals surface area contributed by atoms with Crippen molar-refractivity contribution in [3.8, 4) is 5.75 Å². The van der Waals surface area contributed by atoms with Gasteiger partial charge >= 0.3 is 0 Å². The number of hydrogen-bond acceptors (Lipinski definition) is 5. The van der Waals surface area contributed by atoms with E-state index in [1.54, 1.807) is 71.5 Å². The molecule has 0 aliphatic rings. The zero-order valence-electron chi connectivity index (χ0n) is 19.6. The second kappa shape index (κ2) is 8.95. The first-order chi connectivity index (χ1) is 16.1. The van der Waals surface area contributed by atoms with Crippen molar-refractivity contribution < 1.29 is 17.9 Å². The lowest BCUT2D eigenvalue weighted by Crippen LogP contribution is -2.23. The second-order valence-corrected chi connectivity index (χ2v) is 11.0. The molecular weight excluding hydrogens is 450 g/mol. The Morgan fingerprint density at radius 2 is 1.79 bits per heavy atom. The summed E-state index contributed by atoms with van der Waals surface area (Å²) in [7, 11) is -2.33. The monoisotopic (exact) mass is 477 g/mol. The summed E-state index contributed by atoms with van der Waals surface area (Å²) in [5, 5.41) is 2.86. The van der Waals surface area contributed by atoms with Crippen molar-refractivity contribution in [3.05, 3.63) is 89.9 Å². The topological polar surface area (TPSA) is 89.8 Å². The van der Waals surface area contributed by atoms with Crippen LogP contribution in [0, 0.1) is 0 Å². The number of ether oxygens (including phenoxy) is 1. The lowest BCUT2D eigenvalue weighted by molar-refractivity contribution is 0.0950. The summed E-state index contributed by atoms with van der Waals surface area (Å²) in [5.41, 5.74) is 2.75. The number of pyridine rings is 1. The molecule has 0 atom stereocenters. The van der Waals surface area contributed by atoms with Gasteiger partial charge in [0.1, 0.15) is 16.3 Å². The number of fused-ring (bicyclic) bond motifs is 1. The van der Waals surface area contributed by atoms with Crippen LogP contribution >= 0.6 is 0 Å². The van der Waals surface area contributed by atoms with E-state index in [4.69, 9.17) is 4.74 Å². The molecule has 2 heterocycles. The molecule has 0 fully saturated rings. The van der Waals surface area contributed by atoms with Gasteiger partial charge in [-0.05, 0) is 52.9 Å². The third-order valence-electron chi connectivity index (χ3n) is 5.66. The predicted octanol–water partition coefficient (Wildman–Crippen LogP) is 4.40. The fourth-order valence-corrected chi connectivity index (χ4v) is 5.05. The highest BCUT2D eigenvalue weighted by Gasteiger charge is 2.25. The van der Waals surface area contributed by atoms with Gasteiger partial charge in [0.05, 0.1) is 17.6 Å². The highest BCUT2D eigenvalue weighted by Crippen LogP contribution is 2.34. The van der Waals surface area contributed by atoms with Crippen molar-refractivity contribution in [1.29, 1.82) is 0 Å². The van der Waals surface area contributed by atoms with E-state index in [2.05, 4.69) is 10.3 Å². The molecule has 8 heteroatoms. The van der Waals surface area contributed by atoms with E-state index in [1.807, 2.05) is 26.8 Å². The number of carbonyl (C=O) groups is 1. The molecule has 0 aliphatic carbocycles. The van der Waals surface area contributed by atoms with E-state index in [9.17, 15) is 13.2 Å². The number of methoxy groups -OCH3 is 1. The molecule has 0 bridgehead atoms. The SMILES string of the molecule is COc1ccc(C(C)(C)C)cc1S(=O)(=O)c1ccc(CNC(=O)c2ccc3nccn3c2)cc1. The van der Waals surface area contributed by atoms with Crippen LogP contribution < -0.4 is 10.1 Å². The van der Waals surface area contributed by atoms with Crippen LogP contribution in [0.15, 0.2) is 83.0 Å². The molecule has 7 nitrogen and oxygen atoms in total. The first-order valence-corrected chi connectivity index (χ1v) is 12.3. The number of nitrogens with zero attached hydrogens (tertiary/aromatic N) is 2. The number of aromatic nitrogens is 2. The van der Waals surface area contributed by atoms with Crippen LogP contribution in [-0.2, 0) is 21.8 Å². The smallest absolute Gasteiger partial charge is 0.253 e. The Bertz CT molecular complexity index is 1450. The van der Waals surface area contributed by atoms with Crippen molar-refractivity contribution in [1.82, 2.24) is 14.7 Å². The molecule has 34 heavy (non-hydrogen) atoms. The minimum atomic E-state index is -3.79. The molecule has 0 aliphatic heterocycles. The van der Waals surface area contributed by atoms with Gasteiger partial charge in [0.15, 0.2) is 0 Å². The first kappa shape index (κ1) is 23.5. The third kappa shape index (κ3) is 4.68. The Labute approximate surface area is 199 Å². The highest BCUT2D eigenvalue weighted by atomic mass is 32.2. The Kier molecular flexibility index (Phi) is 6.18. The molecule has 0 saturated carbocycles. The van der Waals surface area contributed by atoms with Gasteiger partial charge in [-0.2, -0.15) is 0 Å². The van der Waals surface area contributed by atoms with E-state index < -0.39 is 9.84 Å². The average Bonchev–Trinajstić information content (AvgIpc) is 3.29. The quantitative estimate of drug-likeness (QED) is 0.445. The molecule has 4 rings (SSSR count). The molecule has 1 N–H and O–H groups in total. The maximum Gasteiger partial charge on any atom is 0.253 e. The van der Waals surface area contributed by atoms with Crippen molar-refractivity contribution >= 4 is 21.4 Å². The zero-order valence-corrected chi connectivity index (χ0v) is 20.4. The summed E-state index contributed by atoms with van der Waals surface area (Å²) in [6.07, 6.45) is 5.16. The van der Waals surface area contributed by atoms with Gasteiger partial charge < -0.3 is 14.5 Å². The summed E-state index contributed by atoms with van der Waals surface area (Å²) < 4.78 is 33.9. The molecule has 2 aromatic heterocycles. The zero-order chi connectivity index (χ0) is 24.5. The predicted molar refractivity (Wildman–Crippen MR) is 130 cm³/mol. The minimum Gasteiger partial charge on any atom is -0.495 e. The van der Waals surface area contributed by atoms with Crippen LogP contribution in [0.2, 0.25) is 0 Å². The number of benzene rings is 2. The van der Waals surface area contributed by atoms with Gasteiger partial charge in [0, 0.05) is 25.1 Å². The summed E-state index contributed by atoms with van der Waals surface area (Å²) in [5.74, 6) is 0.0789. The largest absolute Gasteiger partial charge is 0.495 e.